The molecule has 9 heteroatoms. The standard InChI is InChI=1S/C26H29N7OS/c1-7-21(34)31-20-11-17(23-16(3)29-14-35-23)8-9-19(20)32-25-27-12-18-10-15(2)30-24(22(18)33-25)28-13-26(4,5)6/h7-12,14H,1,13H2,2-6H3,(H,28,30)(H,31,34)(H,27,32,33). The van der Waals surface area contributed by atoms with Gasteiger partial charge in [0.2, 0.25) is 11.9 Å². The van der Waals surface area contributed by atoms with Gasteiger partial charge >= 0.3 is 0 Å². The summed E-state index contributed by atoms with van der Waals surface area (Å²) in [5.74, 6) is 0.813. The summed E-state index contributed by atoms with van der Waals surface area (Å²) in [7, 11) is 0. The smallest absolute Gasteiger partial charge is 0.247 e. The van der Waals surface area contributed by atoms with Crippen LogP contribution >= 0.6 is 11.3 Å². The second kappa shape index (κ2) is 9.79. The van der Waals surface area contributed by atoms with Crippen molar-refractivity contribution in [2.45, 2.75) is 34.6 Å². The summed E-state index contributed by atoms with van der Waals surface area (Å²) in [6, 6.07) is 7.75. The highest BCUT2D eigenvalue weighted by Gasteiger charge is 2.15. The summed E-state index contributed by atoms with van der Waals surface area (Å²) >= 11 is 1.55. The maximum Gasteiger partial charge on any atom is 0.247 e. The summed E-state index contributed by atoms with van der Waals surface area (Å²) in [5, 5.41) is 10.5. The van der Waals surface area contributed by atoms with Crippen LogP contribution in [0.25, 0.3) is 21.3 Å². The SMILES string of the molecule is C=CC(=O)Nc1cc(-c2scnc2C)ccc1Nc1ncc2cc(C)nc(NCC(C)(C)C)c2n1. The molecule has 0 saturated carbocycles. The Bertz CT molecular complexity index is 1400. The lowest BCUT2D eigenvalue weighted by molar-refractivity contribution is -0.111. The van der Waals surface area contributed by atoms with E-state index < -0.39 is 0 Å². The molecule has 35 heavy (non-hydrogen) atoms. The second-order valence-electron chi connectivity index (χ2n) is 9.50. The van der Waals surface area contributed by atoms with E-state index in [2.05, 4.69) is 58.3 Å². The number of nitrogens with zero attached hydrogens (tertiary/aromatic N) is 4. The molecule has 0 bridgehead atoms. The third kappa shape index (κ3) is 5.81. The third-order valence-electron chi connectivity index (χ3n) is 5.20. The molecular formula is C26H29N7OS. The molecule has 0 aliphatic rings. The summed E-state index contributed by atoms with van der Waals surface area (Å²) in [4.78, 5) is 31.4. The maximum atomic E-state index is 12.1. The molecular weight excluding hydrogens is 458 g/mol. The quantitative estimate of drug-likeness (QED) is 0.271. The van der Waals surface area contributed by atoms with E-state index in [0.29, 0.717) is 17.3 Å². The number of aryl methyl sites for hydroxylation is 2. The highest BCUT2D eigenvalue weighted by atomic mass is 32.1. The highest BCUT2D eigenvalue weighted by Crippen LogP contribution is 2.34. The van der Waals surface area contributed by atoms with Gasteiger partial charge in [0.25, 0.3) is 0 Å². The number of carbonyl (C=O) groups excluding carboxylic acids is 1. The van der Waals surface area contributed by atoms with Crippen LogP contribution in [-0.4, -0.2) is 32.4 Å². The number of carbonyl (C=O) groups is 1. The first-order chi connectivity index (χ1) is 16.6. The molecule has 0 aliphatic carbocycles. The molecule has 3 heterocycles. The van der Waals surface area contributed by atoms with Crippen molar-refractivity contribution in [3.8, 4) is 10.4 Å². The highest BCUT2D eigenvalue weighted by molar-refractivity contribution is 7.13. The van der Waals surface area contributed by atoms with Gasteiger partial charge in [-0.25, -0.2) is 19.9 Å². The van der Waals surface area contributed by atoms with Crippen LogP contribution in [-0.2, 0) is 4.79 Å². The second-order valence-corrected chi connectivity index (χ2v) is 10.4. The number of rotatable bonds is 7. The van der Waals surface area contributed by atoms with E-state index in [1.165, 1.54) is 6.08 Å². The summed E-state index contributed by atoms with van der Waals surface area (Å²) in [5.41, 5.74) is 6.67. The number of anilines is 4. The van der Waals surface area contributed by atoms with Crippen molar-refractivity contribution in [1.29, 1.82) is 0 Å². The van der Waals surface area contributed by atoms with Crippen molar-refractivity contribution in [3.63, 3.8) is 0 Å². The predicted molar refractivity (Wildman–Crippen MR) is 144 cm³/mol. The number of nitrogens with one attached hydrogen (secondary N) is 3. The van der Waals surface area contributed by atoms with Crippen molar-refractivity contribution in [3.05, 3.63) is 60.0 Å². The lowest BCUT2D eigenvalue weighted by Gasteiger charge is -2.20. The van der Waals surface area contributed by atoms with Crippen LogP contribution in [0.1, 0.15) is 32.2 Å². The molecule has 8 nitrogen and oxygen atoms in total. The molecule has 1 aromatic carbocycles. The fourth-order valence-electron chi connectivity index (χ4n) is 3.49. The fraction of sp³-hybridized carbons (Fsp3) is 0.269. The average molecular weight is 488 g/mol. The van der Waals surface area contributed by atoms with Gasteiger partial charge in [0.1, 0.15) is 5.52 Å². The minimum absolute atomic E-state index is 0.0856. The van der Waals surface area contributed by atoms with Crippen LogP contribution in [0.15, 0.2) is 48.6 Å². The van der Waals surface area contributed by atoms with Gasteiger partial charge in [-0.15, -0.1) is 11.3 Å². The van der Waals surface area contributed by atoms with Crippen LogP contribution in [0.5, 0.6) is 0 Å². The van der Waals surface area contributed by atoms with Crippen LogP contribution in [0.4, 0.5) is 23.1 Å². The first kappa shape index (κ1) is 24.3. The largest absolute Gasteiger partial charge is 0.368 e. The Hall–Kier alpha value is -3.85. The van der Waals surface area contributed by atoms with Gasteiger partial charge in [0.15, 0.2) is 5.82 Å². The number of hydrogen-bond donors (Lipinski definition) is 3. The van der Waals surface area contributed by atoms with Gasteiger partial charge in [-0.3, -0.25) is 4.79 Å². The lowest BCUT2D eigenvalue weighted by Crippen LogP contribution is -2.20. The Morgan fingerprint density at radius 2 is 1.91 bits per heavy atom. The van der Waals surface area contributed by atoms with Crippen molar-refractivity contribution >= 4 is 51.3 Å². The van der Waals surface area contributed by atoms with Gasteiger partial charge in [-0.05, 0) is 49.1 Å². The molecule has 0 saturated heterocycles. The zero-order chi connectivity index (χ0) is 25.2. The molecule has 4 rings (SSSR count). The van der Waals surface area contributed by atoms with E-state index in [-0.39, 0.29) is 11.3 Å². The number of amides is 1. The molecule has 0 spiro atoms. The Morgan fingerprint density at radius 1 is 1.11 bits per heavy atom. The van der Waals surface area contributed by atoms with E-state index in [1.807, 2.05) is 43.6 Å². The van der Waals surface area contributed by atoms with E-state index in [0.717, 1.165) is 45.1 Å². The number of pyridine rings is 1. The molecule has 0 fully saturated rings. The minimum atomic E-state index is -0.306. The third-order valence-corrected chi connectivity index (χ3v) is 6.17. The van der Waals surface area contributed by atoms with Crippen molar-refractivity contribution < 1.29 is 4.79 Å². The van der Waals surface area contributed by atoms with Crippen LogP contribution in [0.2, 0.25) is 0 Å². The van der Waals surface area contributed by atoms with Crippen molar-refractivity contribution in [1.82, 2.24) is 19.9 Å². The normalized spacial score (nSPS) is 11.3. The minimum Gasteiger partial charge on any atom is -0.368 e. The van der Waals surface area contributed by atoms with Gasteiger partial charge < -0.3 is 16.0 Å². The Balaban J connectivity index is 1.71. The van der Waals surface area contributed by atoms with E-state index in [4.69, 9.17) is 4.98 Å². The van der Waals surface area contributed by atoms with Crippen LogP contribution in [0, 0.1) is 19.3 Å². The molecule has 3 N–H and O–H groups in total. The molecule has 3 aromatic heterocycles. The summed E-state index contributed by atoms with van der Waals surface area (Å²) in [6.45, 7) is 14.7. The number of hydrogen-bond acceptors (Lipinski definition) is 8. The topological polar surface area (TPSA) is 105 Å². The van der Waals surface area contributed by atoms with E-state index in [1.54, 1.807) is 17.5 Å². The monoisotopic (exact) mass is 487 g/mol. The van der Waals surface area contributed by atoms with Gasteiger partial charge in [0.05, 0.1) is 27.5 Å². The number of aromatic nitrogens is 4. The molecule has 180 valence electrons. The molecule has 4 aromatic rings. The van der Waals surface area contributed by atoms with Gasteiger partial charge in [0, 0.05) is 23.8 Å². The zero-order valence-electron chi connectivity index (χ0n) is 20.6. The van der Waals surface area contributed by atoms with E-state index >= 15 is 0 Å². The first-order valence-electron chi connectivity index (χ1n) is 11.3. The van der Waals surface area contributed by atoms with Gasteiger partial charge in [-0.2, -0.15) is 0 Å². The Morgan fingerprint density at radius 3 is 2.60 bits per heavy atom. The molecule has 0 unspecified atom stereocenters. The van der Waals surface area contributed by atoms with Crippen molar-refractivity contribution in [2.24, 2.45) is 5.41 Å². The van der Waals surface area contributed by atoms with E-state index in [9.17, 15) is 4.79 Å². The lowest BCUT2D eigenvalue weighted by atomic mass is 9.97. The maximum absolute atomic E-state index is 12.1. The van der Waals surface area contributed by atoms with Gasteiger partial charge in [-0.1, -0.05) is 33.4 Å². The number of fused-ring (bicyclic) bond motifs is 1. The Labute approximate surface area is 209 Å². The molecule has 0 aliphatic heterocycles. The van der Waals surface area contributed by atoms with Crippen molar-refractivity contribution in [2.75, 3.05) is 22.5 Å². The summed E-state index contributed by atoms with van der Waals surface area (Å²) in [6.07, 6.45) is 3.01. The number of benzene rings is 1. The van der Waals surface area contributed by atoms with Crippen LogP contribution < -0.4 is 16.0 Å². The number of thiazole rings is 1. The fourth-order valence-corrected chi connectivity index (χ4v) is 4.29. The average Bonchev–Trinajstić information content (AvgIpc) is 3.24. The molecule has 0 radical (unpaired) electrons. The molecule has 0 atom stereocenters. The van der Waals surface area contributed by atoms with Crippen LogP contribution in [0.3, 0.4) is 0 Å². The summed E-state index contributed by atoms with van der Waals surface area (Å²) < 4.78 is 0. The molecule has 1 amide bonds. The zero-order valence-corrected chi connectivity index (χ0v) is 21.4. The first-order valence-corrected chi connectivity index (χ1v) is 12.1. The Kier molecular flexibility index (Phi) is 6.79. The predicted octanol–water partition coefficient (Wildman–Crippen LogP) is 6.09.